The van der Waals surface area contributed by atoms with Crippen LogP contribution in [-0.4, -0.2) is 50.3 Å². The lowest BCUT2D eigenvalue weighted by atomic mass is 10.5. The maximum atomic E-state index is 5.32. The molecule has 0 amide bonds. The van der Waals surface area contributed by atoms with Crippen LogP contribution in [0.2, 0.25) is 6.04 Å². The van der Waals surface area contributed by atoms with Gasteiger partial charge in [0.1, 0.15) is 5.82 Å². The Labute approximate surface area is 96.1 Å². The van der Waals surface area contributed by atoms with E-state index in [1.165, 1.54) is 0 Å². The molecule has 0 saturated heterocycles. The summed E-state index contributed by atoms with van der Waals surface area (Å²) in [5, 5.41) is 11.3. The molecule has 0 aromatic carbocycles. The van der Waals surface area contributed by atoms with E-state index in [0.717, 1.165) is 24.8 Å². The minimum absolute atomic E-state index is 0.740. The van der Waals surface area contributed by atoms with Crippen LogP contribution < -0.4 is 0 Å². The molecule has 1 rings (SSSR count). The quantitative estimate of drug-likeness (QED) is 0.642. The van der Waals surface area contributed by atoms with Crippen molar-refractivity contribution in [3.63, 3.8) is 0 Å². The molecule has 0 aliphatic rings. The van der Waals surface area contributed by atoms with Crippen molar-refractivity contribution >= 4 is 8.80 Å². The summed E-state index contributed by atoms with van der Waals surface area (Å²) in [5.41, 5.74) is 0. The third-order valence-electron chi connectivity index (χ3n) is 2.50. The predicted octanol–water partition coefficient (Wildman–Crippen LogP) is 0.250. The molecule has 1 aromatic rings. The van der Waals surface area contributed by atoms with E-state index in [4.69, 9.17) is 13.3 Å². The molecule has 0 atom stereocenters. The van der Waals surface area contributed by atoms with E-state index in [1.807, 2.05) is 6.92 Å². The van der Waals surface area contributed by atoms with Crippen LogP contribution in [0.4, 0.5) is 0 Å². The van der Waals surface area contributed by atoms with Crippen molar-refractivity contribution in [2.45, 2.75) is 25.9 Å². The number of rotatable bonds is 7. The number of hydrogen-bond acceptors (Lipinski definition) is 6. The van der Waals surface area contributed by atoms with Crippen LogP contribution in [0.3, 0.4) is 0 Å². The van der Waals surface area contributed by atoms with Gasteiger partial charge in [-0.2, -0.15) is 0 Å². The standard InChI is InChI=1S/C8H18N4O3Si/c1-8-9-10-11-12(8)6-5-7-16(13-2,14-3)15-4/h5-7H2,1-4H3. The Kier molecular flexibility index (Phi) is 4.99. The van der Waals surface area contributed by atoms with Crippen molar-refractivity contribution in [2.75, 3.05) is 21.3 Å². The predicted molar refractivity (Wildman–Crippen MR) is 58.8 cm³/mol. The van der Waals surface area contributed by atoms with Crippen LogP contribution in [0.25, 0.3) is 0 Å². The highest BCUT2D eigenvalue weighted by atomic mass is 28.4. The van der Waals surface area contributed by atoms with Crippen molar-refractivity contribution in [2.24, 2.45) is 0 Å². The first-order valence-electron chi connectivity index (χ1n) is 5.05. The monoisotopic (exact) mass is 246 g/mol. The highest BCUT2D eigenvalue weighted by Crippen LogP contribution is 2.15. The number of nitrogens with zero attached hydrogens (tertiary/aromatic N) is 4. The fraction of sp³-hybridized carbons (Fsp3) is 0.875. The van der Waals surface area contributed by atoms with Crippen molar-refractivity contribution in [1.29, 1.82) is 0 Å². The van der Waals surface area contributed by atoms with E-state index in [9.17, 15) is 0 Å². The smallest absolute Gasteiger partial charge is 0.377 e. The van der Waals surface area contributed by atoms with Crippen molar-refractivity contribution in [1.82, 2.24) is 20.2 Å². The Morgan fingerprint density at radius 3 is 2.25 bits per heavy atom. The molecule has 1 heterocycles. The second kappa shape index (κ2) is 6.04. The van der Waals surface area contributed by atoms with Gasteiger partial charge in [0.15, 0.2) is 0 Å². The average molecular weight is 246 g/mol. The van der Waals surface area contributed by atoms with E-state index in [-0.39, 0.29) is 0 Å². The third-order valence-corrected chi connectivity index (χ3v) is 5.33. The van der Waals surface area contributed by atoms with Gasteiger partial charge in [0.2, 0.25) is 0 Å². The molecule has 7 nitrogen and oxygen atoms in total. The maximum absolute atomic E-state index is 5.32. The first-order chi connectivity index (χ1) is 7.67. The molecule has 92 valence electrons. The van der Waals surface area contributed by atoms with Gasteiger partial charge in [-0.1, -0.05) is 0 Å². The van der Waals surface area contributed by atoms with Crippen molar-refractivity contribution in [3.05, 3.63) is 5.82 Å². The summed E-state index contributed by atoms with van der Waals surface area (Å²) >= 11 is 0. The summed E-state index contributed by atoms with van der Waals surface area (Å²) in [6, 6.07) is 0.746. The summed E-state index contributed by atoms with van der Waals surface area (Å²) in [6.45, 7) is 2.61. The van der Waals surface area contributed by atoms with Crippen LogP contribution in [-0.2, 0) is 19.8 Å². The summed E-state index contributed by atoms with van der Waals surface area (Å²) in [6.07, 6.45) is 0.855. The van der Waals surface area contributed by atoms with Crippen molar-refractivity contribution < 1.29 is 13.3 Å². The first kappa shape index (κ1) is 13.2. The number of aryl methyl sites for hydroxylation is 2. The molecule has 0 fully saturated rings. The molecule has 0 aliphatic heterocycles. The molecule has 0 radical (unpaired) electrons. The maximum Gasteiger partial charge on any atom is 0.500 e. The summed E-state index contributed by atoms with van der Waals surface area (Å²) in [7, 11) is 2.39. The van der Waals surface area contributed by atoms with Gasteiger partial charge in [0.25, 0.3) is 0 Å². The van der Waals surface area contributed by atoms with Gasteiger partial charge in [-0.25, -0.2) is 4.68 Å². The Hall–Kier alpha value is -0.833. The zero-order chi connectivity index (χ0) is 12.0. The minimum Gasteiger partial charge on any atom is -0.377 e. The van der Waals surface area contributed by atoms with Crippen LogP contribution in [0.15, 0.2) is 0 Å². The summed E-state index contributed by atoms with van der Waals surface area (Å²) < 4.78 is 17.7. The lowest BCUT2D eigenvalue weighted by molar-refractivity contribution is 0.122. The normalized spacial score (nSPS) is 12.0. The molecule has 0 saturated carbocycles. The van der Waals surface area contributed by atoms with E-state index < -0.39 is 8.80 Å². The first-order valence-corrected chi connectivity index (χ1v) is 6.99. The van der Waals surface area contributed by atoms with E-state index >= 15 is 0 Å². The average Bonchev–Trinajstić information content (AvgIpc) is 2.71. The number of hydrogen-bond donors (Lipinski definition) is 0. The van der Waals surface area contributed by atoms with Gasteiger partial charge < -0.3 is 13.3 Å². The molecule has 16 heavy (non-hydrogen) atoms. The molecule has 0 unspecified atom stereocenters. The molecular weight excluding hydrogens is 228 g/mol. The number of aromatic nitrogens is 4. The topological polar surface area (TPSA) is 71.3 Å². The van der Waals surface area contributed by atoms with Crippen molar-refractivity contribution in [3.8, 4) is 0 Å². The zero-order valence-electron chi connectivity index (χ0n) is 10.1. The molecular formula is C8H18N4O3Si. The molecule has 0 aliphatic carbocycles. The third kappa shape index (κ3) is 3.08. The largest absolute Gasteiger partial charge is 0.500 e. The fourth-order valence-corrected chi connectivity index (χ4v) is 3.16. The van der Waals surface area contributed by atoms with Gasteiger partial charge in [-0.3, -0.25) is 0 Å². The lowest BCUT2D eigenvalue weighted by Crippen LogP contribution is -2.42. The van der Waals surface area contributed by atoms with Gasteiger partial charge in [0, 0.05) is 33.9 Å². The van der Waals surface area contributed by atoms with E-state index in [0.29, 0.717) is 0 Å². The zero-order valence-corrected chi connectivity index (χ0v) is 11.1. The Balaban J connectivity index is 2.42. The number of tetrazole rings is 1. The van der Waals surface area contributed by atoms with Crippen LogP contribution >= 0.6 is 0 Å². The fourth-order valence-electron chi connectivity index (χ4n) is 1.46. The Morgan fingerprint density at radius 1 is 1.19 bits per heavy atom. The van der Waals surface area contributed by atoms with Gasteiger partial charge in [-0.15, -0.1) is 5.10 Å². The minimum atomic E-state index is -2.45. The highest BCUT2D eigenvalue weighted by Gasteiger charge is 2.36. The second-order valence-electron chi connectivity index (χ2n) is 3.35. The molecule has 0 N–H and O–H groups in total. The van der Waals surface area contributed by atoms with Crippen LogP contribution in [0.5, 0.6) is 0 Å². The highest BCUT2D eigenvalue weighted by molar-refractivity contribution is 6.60. The molecule has 0 bridgehead atoms. The second-order valence-corrected chi connectivity index (χ2v) is 6.44. The van der Waals surface area contributed by atoms with Crippen LogP contribution in [0, 0.1) is 6.92 Å². The van der Waals surface area contributed by atoms with E-state index in [2.05, 4.69) is 15.5 Å². The Morgan fingerprint density at radius 2 is 1.81 bits per heavy atom. The van der Waals surface area contributed by atoms with Gasteiger partial charge in [-0.05, 0) is 23.8 Å². The molecule has 0 spiro atoms. The summed E-state index contributed by atoms with van der Waals surface area (Å²) in [5.74, 6) is 0.805. The van der Waals surface area contributed by atoms with E-state index in [1.54, 1.807) is 26.0 Å². The van der Waals surface area contributed by atoms with Crippen LogP contribution in [0.1, 0.15) is 12.2 Å². The molecule has 8 heteroatoms. The Bertz CT molecular complexity index is 308. The van der Waals surface area contributed by atoms with Gasteiger partial charge >= 0.3 is 8.80 Å². The van der Waals surface area contributed by atoms with Gasteiger partial charge in [0.05, 0.1) is 0 Å². The summed E-state index contributed by atoms with van der Waals surface area (Å²) in [4.78, 5) is 0. The SMILES string of the molecule is CO[Si](CCCn1nnnc1C)(OC)OC. The molecule has 1 aromatic heterocycles. The lowest BCUT2D eigenvalue weighted by Gasteiger charge is -2.24.